The molecule has 0 radical (unpaired) electrons. The summed E-state index contributed by atoms with van der Waals surface area (Å²) in [5, 5.41) is 23.3. The maximum absolute atomic E-state index is 12.2. The number of phenols is 1. The number of rotatable bonds is 4. The Labute approximate surface area is 220 Å². The molecule has 2 aromatic rings. The first-order valence-electron chi connectivity index (χ1n) is 13.8. The number of aliphatic hydroxyl groups is 1. The van der Waals surface area contributed by atoms with Crippen molar-refractivity contribution in [2.45, 2.75) is 82.3 Å². The highest BCUT2D eigenvalue weighted by Crippen LogP contribution is 2.76. The van der Waals surface area contributed by atoms with Gasteiger partial charge in [-0.3, -0.25) is 4.90 Å². The van der Waals surface area contributed by atoms with Crippen LogP contribution >= 0.6 is 0 Å². The molecule has 7 atom stereocenters. The van der Waals surface area contributed by atoms with Crippen LogP contribution in [0.3, 0.4) is 0 Å². The number of fused-ring (bicyclic) bond motifs is 1. The molecule has 2 heterocycles. The third kappa shape index (κ3) is 2.61. The van der Waals surface area contributed by atoms with Gasteiger partial charge in [0.05, 0.1) is 11.0 Å². The molecule has 1 saturated carbocycles. The van der Waals surface area contributed by atoms with Crippen LogP contribution < -0.4 is 4.74 Å². The highest BCUT2D eigenvalue weighted by atomic mass is 16.6. The van der Waals surface area contributed by atoms with Crippen LogP contribution in [-0.4, -0.2) is 52.1 Å². The molecule has 1 unspecified atom stereocenters. The van der Waals surface area contributed by atoms with Crippen LogP contribution in [-0.2, 0) is 23.1 Å². The van der Waals surface area contributed by atoms with Gasteiger partial charge in [-0.25, -0.2) is 0 Å². The van der Waals surface area contributed by atoms with E-state index in [0.29, 0.717) is 5.75 Å². The number of aromatic hydroxyl groups is 1. The van der Waals surface area contributed by atoms with Crippen LogP contribution in [0, 0.1) is 16.7 Å². The van der Waals surface area contributed by atoms with Gasteiger partial charge in [-0.05, 0) is 55.3 Å². The van der Waals surface area contributed by atoms with Gasteiger partial charge in [0, 0.05) is 36.6 Å². The van der Waals surface area contributed by atoms with Crippen molar-refractivity contribution in [1.29, 1.82) is 0 Å². The van der Waals surface area contributed by atoms with Gasteiger partial charge in [0.25, 0.3) is 0 Å². The van der Waals surface area contributed by atoms with Gasteiger partial charge in [0.15, 0.2) is 11.5 Å². The minimum atomic E-state index is -0.999. The lowest BCUT2D eigenvalue weighted by molar-refractivity contribution is -0.263. The number of phenolic OH excluding ortho intramolecular Hbond substituents is 1. The Kier molecular flexibility index (Phi) is 4.62. The predicted molar refractivity (Wildman–Crippen MR) is 143 cm³/mol. The van der Waals surface area contributed by atoms with E-state index in [1.54, 1.807) is 13.2 Å². The molecule has 2 aliphatic heterocycles. The van der Waals surface area contributed by atoms with E-state index < -0.39 is 11.2 Å². The van der Waals surface area contributed by atoms with Crippen molar-refractivity contribution >= 4 is 0 Å². The third-order valence-electron chi connectivity index (χ3n) is 11.3. The molecule has 6 aliphatic rings. The quantitative estimate of drug-likeness (QED) is 0.579. The van der Waals surface area contributed by atoms with E-state index >= 15 is 0 Å². The average molecular weight is 502 g/mol. The molecule has 5 nitrogen and oxygen atoms in total. The number of nitrogens with zero attached hydrogens (tertiary/aromatic N) is 1. The summed E-state index contributed by atoms with van der Waals surface area (Å²) in [5.74, 6) is 0.695. The van der Waals surface area contributed by atoms with Gasteiger partial charge in [0.1, 0.15) is 11.7 Å². The molecule has 0 amide bonds. The van der Waals surface area contributed by atoms with Gasteiger partial charge >= 0.3 is 0 Å². The number of likely N-dealkylation sites (tertiary alicyclic amines) is 1. The maximum atomic E-state index is 12.2. The fourth-order valence-electron chi connectivity index (χ4n) is 9.10. The van der Waals surface area contributed by atoms with Crippen molar-refractivity contribution in [3.63, 3.8) is 0 Å². The van der Waals surface area contributed by atoms with E-state index in [1.165, 1.54) is 16.7 Å². The van der Waals surface area contributed by atoms with E-state index in [0.717, 1.165) is 32.4 Å². The van der Waals surface area contributed by atoms with Gasteiger partial charge < -0.3 is 19.7 Å². The molecule has 2 fully saturated rings. The van der Waals surface area contributed by atoms with Crippen molar-refractivity contribution in [2.75, 3.05) is 13.7 Å². The summed E-state index contributed by atoms with van der Waals surface area (Å²) in [6.45, 7) is 10.2. The second kappa shape index (κ2) is 7.19. The molecular weight excluding hydrogens is 462 g/mol. The topological polar surface area (TPSA) is 62.2 Å². The lowest BCUT2D eigenvalue weighted by Gasteiger charge is -2.73. The predicted octanol–water partition coefficient (Wildman–Crippen LogP) is 4.98. The summed E-state index contributed by atoms with van der Waals surface area (Å²) >= 11 is 0. The Morgan fingerprint density at radius 1 is 1.08 bits per heavy atom. The molecule has 4 aliphatic carbocycles. The van der Waals surface area contributed by atoms with Crippen molar-refractivity contribution in [1.82, 2.24) is 4.90 Å². The zero-order valence-electron chi connectivity index (χ0n) is 22.6. The van der Waals surface area contributed by atoms with Crippen LogP contribution in [0.15, 0.2) is 54.6 Å². The van der Waals surface area contributed by atoms with E-state index in [9.17, 15) is 10.2 Å². The average Bonchev–Trinajstić information content (AvgIpc) is 3.24. The van der Waals surface area contributed by atoms with Crippen LogP contribution in [0.1, 0.15) is 57.2 Å². The first-order chi connectivity index (χ1) is 17.5. The molecule has 4 bridgehead atoms. The molecule has 1 saturated heterocycles. The highest BCUT2D eigenvalue weighted by molar-refractivity contribution is 5.65. The van der Waals surface area contributed by atoms with E-state index in [1.807, 2.05) is 6.92 Å². The van der Waals surface area contributed by atoms with E-state index in [2.05, 4.69) is 74.2 Å². The normalized spacial score (nSPS) is 38.7. The van der Waals surface area contributed by atoms with Crippen molar-refractivity contribution in [3.8, 4) is 11.5 Å². The van der Waals surface area contributed by atoms with Crippen LogP contribution in [0.25, 0.3) is 0 Å². The number of ether oxygens (including phenoxy) is 2. The molecule has 37 heavy (non-hydrogen) atoms. The van der Waals surface area contributed by atoms with Gasteiger partial charge in [-0.2, -0.15) is 0 Å². The monoisotopic (exact) mass is 501 g/mol. The minimum Gasteiger partial charge on any atom is -0.504 e. The number of methoxy groups -OCH3 is 1. The molecular formula is C32H39NO4. The minimum absolute atomic E-state index is 0.162. The largest absolute Gasteiger partial charge is 0.504 e. The zero-order chi connectivity index (χ0) is 26.0. The highest BCUT2D eigenvalue weighted by Gasteiger charge is 2.81. The fourth-order valence-corrected chi connectivity index (χ4v) is 9.10. The summed E-state index contributed by atoms with van der Waals surface area (Å²) < 4.78 is 13.4. The van der Waals surface area contributed by atoms with Crippen LogP contribution in [0.5, 0.6) is 11.5 Å². The summed E-state index contributed by atoms with van der Waals surface area (Å²) in [6.07, 6.45) is 7.04. The Bertz CT molecular complexity index is 1300. The summed E-state index contributed by atoms with van der Waals surface area (Å²) in [7, 11) is 1.77. The first-order valence-corrected chi connectivity index (χ1v) is 13.8. The smallest absolute Gasteiger partial charge is 0.165 e. The lowest BCUT2D eigenvalue weighted by atomic mass is 9.35. The summed E-state index contributed by atoms with van der Waals surface area (Å²) in [6, 6.07) is 14.9. The number of piperidine rings is 1. The van der Waals surface area contributed by atoms with Gasteiger partial charge in [0.2, 0.25) is 0 Å². The number of hydrogen-bond donors (Lipinski definition) is 2. The second-order valence-electron chi connectivity index (χ2n) is 13.4. The third-order valence-corrected chi connectivity index (χ3v) is 11.3. The molecule has 8 rings (SSSR count). The number of hydrogen-bond acceptors (Lipinski definition) is 5. The Morgan fingerprint density at radius 3 is 2.54 bits per heavy atom. The van der Waals surface area contributed by atoms with Crippen LogP contribution in [0.4, 0.5) is 0 Å². The molecule has 2 aromatic carbocycles. The Morgan fingerprint density at radius 2 is 1.84 bits per heavy atom. The Hall–Kier alpha value is -2.34. The van der Waals surface area contributed by atoms with Crippen LogP contribution in [0.2, 0.25) is 0 Å². The van der Waals surface area contributed by atoms with E-state index in [4.69, 9.17) is 9.47 Å². The lowest BCUT2D eigenvalue weighted by Crippen LogP contribution is -2.81. The van der Waals surface area contributed by atoms with Crippen molar-refractivity contribution in [2.24, 2.45) is 16.7 Å². The molecule has 196 valence electrons. The molecule has 0 aromatic heterocycles. The second-order valence-corrected chi connectivity index (χ2v) is 13.4. The van der Waals surface area contributed by atoms with Crippen molar-refractivity contribution in [3.05, 3.63) is 71.3 Å². The van der Waals surface area contributed by atoms with Gasteiger partial charge in [-0.1, -0.05) is 69.3 Å². The summed E-state index contributed by atoms with van der Waals surface area (Å²) in [4.78, 5) is 2.67. The first kappa shape index (κ1) is 23.8. The van der Waals surface area contributed by atoms with E-state index in [-0.39, 0.29) is 40.1 Å². The standard InChI is InChI=1S/C32H39NO4/c1-28(2,3)29(4,35)23-18-30-13-14-32(23,36-5)27-31(30)15-16-33(19-20-9-7-6-8-10-20)24(30)17-21-11-12-22(34)26(37-27)25(21)31/h6-14,23-24,27,34-35H,15-19H2,1-5H3/t23-,24-,27-,29?,30-,31+,32-/m1/s1. The molecule has 5 heteroatoms. The maximum Gasteiger partial charge on any atom is 0.165 e. The number of benzene rings is 2. The van der Waals surface area contributed by atoms with Crippen molar-refractivity contribution < 1.29 is 19.7 Å². The molecule has 2 N–H and O–H groups in total. The fraction of sp³-hybridized carbons (Fsp3) is 0.562. The van der Waals surface area contributed by atoms with Gasteiger partial charge in [-0.15, -0.1) is 0 Å². The summed E-state index contributed by atoms with van der Waals surface area (Å²) in [5.41, 5.74) is 1.16. The SMILES string of the molecule is CO[C@]12C=C[C@@]3(C[C@@H]1C(C)(O)C(C)(C)C)[C@H]1Cc4ccc(O)c5c4[C@@]3(CCN1Cc1ccccc1)[C@H]2O5. The Balaban J connectivity index is 1.46. The molecule has 2 spiro atoms. The zero-order valence-corrected chi connectivity index (χ0v) is 22.6.